The molecule has 8 nitrogen and oxygen atoms in total. The van der Waals surface area contributed by atoms with Crippen LogP contribution in [-0.2, 0) is 14.8 Å². The van der Waals surface area contributed by atoms with Gasteiger partial charge in [0.05, 0.1) is 4.90 Å². The number of aliphatic carboxylic acids is 1. The first-order chi connectivity index (χ1) is 14.5. The largest absolute Gasteiger partial charge is 0.480 e. The first kappa shape index (κ1) is 22.6. The van der Waals surface area contributed by atoms with Crippen LogP contribution in [0.3, 0.4) is 0 Å². The molecule has 0 aliphatic rings. The number of nitrogens with zero attached hydrogens (tertiary/aromatic N) is 2. The number of hydrogen-bond acceptors (Lipinski definition) is 5. The third-order valence-corrected chi connectivity index (χ3v) is 6.21. The molecule has 1 atom stereocenters. The van der Waals surface area contributed by atoms with Gasteiger partial charge in [0, 0.05) is 35.2 Å². The Labute approximate surface area is 180 Å². The zero-order valence-corrected chi connectivity index (χ0v) is 18.8. The highest BCUT2D eigenvalue weighted by molar-refractivity contribution is 7.89. The number of aliphatic imine (C=N–C) groups is 2. The summed E-state index contributed by atoms with van der Waals surface area (Å²) in [5.41, 5.74) is 2.68. The Morgan fingerprint density at radius 3 is 2.35 bits per heavy atom. The zero-order valence-electron chi connectivity index (χ0n) is 18.0. The number of carboxylic acids is 1. The number of fused-ring (bicyclic) bond motifs is 3. The number of sulfonamides is 1. The number of hydrogen-bond donors (Lipinski definition) is 2. The molecule has 164 valence electrons. The number of carboxylic acid groups (broad SMARTS) is 1. The van der Waals surface area contributed by atoms with E-state index in [9.17, 15) is 18.3 Å². The number of nitrogens with one attached hydrogen (secondary N) is 1. The van der Waals surface area contributed by atoms with Crippen LogP contribution in [0.15, 0.2) is 55.7 Å². The van der Waals surface area contributed by atoms with Gasteiger partial charge >= 0.3 is 5.97 Å². The Morgan fingerprint density at radius 2 is 1.77 bits per heavy atom. The highest BCUT2D eigenvalue weighted by Gasteiger charge is 2.28. The standard InChI is InChI=1S/C22H25N3O5S/c1-12(2)20(22(26)27)25-31(28,29)15-7-8-16-17-10-14(21(23-5)24-13(3)4)6-9-18(17)30-19(16)11-15/h6-12,20,25H,1-5H3,(H,26,27)/t20-/m0/s1. The van der Waals surface area contributed by atoms with Gasteiger partial charge in [-0.15, -0.1) is 0 Å². The number of furan rings is 1. The van der Waals surface area contributed by atoms with Crippen LogP contribution in [-0.4, -0.2) is 44.1 Å². The van der Waals surface area contributed by atoms with Gasteiger partial charge in [-0.05, 0) is 50.1 Å². The second-order valence-electron chi connectivity index (χ2n) is 7.76. The summed E-state index contributed by atoms with van der Waals surface area (Å²) in [4.78, 5) is 20.0. The lowest BCUT2D eigenvalue weighted by atomic mass is 10.1. The van der Waals surface area contributed by atoms with E-state index in [0.717, 1.165) is 22.0 Å². The van der Waals surface area contributed by atoms with Crippen LogP contribution in [0.4, 0.5) is 0 Å². The smallest absolute Gasteiger partial charge is 0.322 e. The molecule has 1 aromatic heterocycles. The minimum atomic E-state index is -4.05. The minimum Gasteiger partial charge on any atom is -0.480 e. The molecule has 0 bridgehead atoms. The third kappa shape index (κ3) is 4.67. The van der Waals surface area contributed by atoms with E-state index in [1.807, 2.05) is 26.0 Å². The molecule has 0 spiro atoms. The van der Waals surface area contributed by atoms with Crippen LogP contribution in [0.1, 0.15) is 33.3 Å². The Hall–Kier alpha value is -3.04. The van der Waals surface area contributed by atoms with E-state index in [2.05, 4.69) is 14.7 Å². The van der Waals surface area contributed by atoms with Crippen LogP contribution < -0.4 is 4.72 Å². The van der Waals surface area contributed by atoms with Crippen LogP contribution >= 0.6 is 0 Å². The Morgan fingerprint density at radius 1 is 1.06 bits per heavy atom. The summed E-state index contributed by atoms with van der Waals surface area (Å²) in [6.07, 6.45) is 0. The van der Waals surface area contributed by atoms with Crippen molar-refractivity contribution in [1.29, 1.82) is 0 Å². The number of carbonyl (C=O) groups is 1. The molecule has 3 aromatic rings. The molecule has 9 heteroatoms. The maximum atomic E-state index is 12.7. The monoisotopic (exact) mass is 443 g/mol. The first-order valence-electron chi connectivity index (χ1n) is 9.74. The summed E-state index contributed by atoms with van der Waals surface area (Å²) in [6.45, 7) is 7.06. The summed E-state index contributed by atoms with van der Waals surface area (Å²) in [5, 5.41) is 10.8. The molecule has 0 saturated heterocycles. The topological polar surface area (TPSA) is 121 Å². The molecule has 2 aromatic carbocycles. The quantitative estimate of drug-likeness (QED) is 0.443. The molecule has 2 N–H and O–H groups in total. The maximum absolute atomic E-state index is 12.7. The van der Waals surface area contributed by atoms with E-state index < -0.39 is 28.0 Å². The van der Waals surface area contributed by atoms with Gasteiger partial charge in [0.1, 0.15) is 17.2 Å². The minimum absolute atomic E-state index is 0.0619. The fourth-order valence-electron chi connectivity index (χ4n) is 3.23. The van der Waals surface area contributed by atoms with Gasteiger partial charge in [-0.3, -0.25) is 9.79 Å². The van der Waals surface area contributed by atoms with Crippen molar-refractivity contribution in [2.45, 2.75) is 38.6 Å². The van der Waals surface area contributed by atoms with E-state index in [1.54, 1.807) is 33.0 Å². The Bertz CT molecular complexity index is 1320. The van der Waals surface area contributed by atoms with Crippen molar-refractivity contribution < 1.29 is 22.7 Å². The molecule has 0 radical (unpaired) electrons. The average Bonchev–Trinajstić information content (AvgIpc) is 3.06. The van der Waals surface area contributed by atoms with Gasteiger partial charge in [-0.2, -0.15) is 4.72 Å². The van der Waals surface area contributed by atoms with Crippen LogP contribution in [0.5, 0.6) is 0 Å². The summed E-state index contributed by atoms with van der Waals surface area (Å²) in [5.74, 6) is -1.05. The second kappa shape index (κ2) is 8.60. The van der Waals surface area contributed by atoms with Crippen molar-refractivity contribution in [2.24, 2.45) is 15.9 Å². The van der Waals surface area contributed by atoms with E-state index >= 15 is 0 Å². The van der Waals surface area contributed by atoms with Crippen molar-refractivity contribution in [3.8, 4) is 0 Å². The lowest BCUT2D eigenvalue weighted by Gasteiger charge is -2.17. The number of benzene rings is 2. The molecular formula is C22H25N3O5S. The van der Waals surface area contributed by atoms with Gasteiger partial charge in [0.2, 0.25) is 10.0 Å². The predicted octanol–water partition coefficient (Wildman–Crippen LogP) is 3.83. The molecule has 0 saturated carbocycles. The second-order valence-corrected chi connectivity index (χ2v) is 9.47. The predicted molar refractivity (Wildman–Crippen MR) is 122 cm³/mol. The van der Waals surface area contributed by atoms with Crippen molar-refractivity contribution in [3.05, 3.63) is 42.0 Å². The molecule has 31 heavy (non-hydrogen) atoms. The maximum Gasteiger partial charge on any atom is 0.322 e. The van der Waals surface area contributed by atoms with E-state index in [4.69, 9.17) is 4.42 Å². The molecule has 1 heterocycles. The Balaban J connectivity index is 2.06. The van der Waals surface area contributed by atoms with E-state index in [0.29, 0.717) is 17.0 Å². The lowest BCUT2D eigenvalue weighted by Crippen LogP contribution is -2.44. The van der Waals surface area contributed by atoms with Crippen LogP contribution in [0.25, 0.3) is 21.9 Å². The molecule has 0 amide bonds. The van der Waals surface area contributed by atoms with Gasteiger partial charge < -0.3 is 9.52 Å². The van der Waals surface area contributed by atoms with Gasteiger partial charge in [-0.1, -0.05) is 13.8 Å². The summed E-state index contributed by atoms with van der Waals surface area (Å²) in [6, 6.07) is 8.81. The highest BCUT2D eigenvalue weighted by atomic mass is 32.2. The lowest BCUT2D eigenvalue weighted by molar-refractivity contribution is -0.140. The molecular weight excluding hydrogens is 418 g/mol. The molecule has 0 unspecified atom stereocenters. The molecule has 3 rings (SSSR count). The molecule has 0 fully saturated rings. The SMILES string of the molecule is CN=C(N=C(C)C)c1ccc2oc3cc(S(=O)(=O)N[C@H](C(=O)O)C(C)C)ccc3c2c1. The molecule has 0 aliphatic heterocycles. The van der Waals surface area contributed by atoms with Gasteiger partial charge in [0.15, 0.2) is 5.84 Å². The van der Waals surface area contributed by atoms with E-state index in [1.165, 1.54) is 12.1 Å². The van der Waals surface area contributed by atoms with E-state index in [-0.39, 0.29) is 4.90 Å². The normalized spacial score (nSPS) is 13.7. The van der Waals surface area contributed by atoms with Crippen molar-refractivity contribution in [2.75, 3.05) is 7.05 Å². The summed E-state index contributed by atoms with van der Waals surface area (Å²) in [7, 11) is -2.37. The molecule has 0 aliphatic carbocycles. The van der Waals surface area contributed by atoms with Crippen molar-refractivity contribution in [1.82, 2.24) is 4.72 Å². The third-order valence-electron chi connectivity index (χ3n) is 4.77. The summed E-state index contributed by atoms with van der Waals surface area (Å²) < 4.78 is 33.6. The van der Waals surface area contributed by atoms with Crippen LogP contribution in [0, 0.1) is 5.92 Å². The zero-order chi connectivity index (χ0) is 22.9. The van der Waals surface area contributed by atoms with Crippen molar-refractivity contribution in [3.63, 3.8) is 0 Å². The average molecular weight is 444 g/mol. The van der Waals surface area contributed by atoms with Gasteiger partial charge in [-0.25, -0.2) is 13.4 Å². The summed E-state index contributed by atoms with van der Waals surface area (Å²) >= 11 is 0. The fraction of sp³-hybridized carbons (Fsp3) is 0.318. The number of rotatable bonds is 6. The van der Waals surface area contributed by atoms with Crippen LogP contribution in [0.2, 0.25) is 0 Å². The number of amidine groups is 1. The highest BCUT2D eigenvalue weighted by Crippen LogP contribution is 2.31. The fourth-order valence-corrected chi connectivity index (χ4v) is 4.58. The van der Waals surface area contributed by atoms with Gasteiger partial charge in [0.25, 0.3) is 0 Å². The van der Waals surface area contributed by atoms with Crippen molar-refractivity contribution >= 4 is 49.5 Å². The first-order valence-corrected chi connectivity index (χ1v) is 11.2. The Kier molecular flexibility index (Phi) is 6.28.